The number of nitrogens with one attached hydrogen (secondary N) is 1. The first-order valence-electron chi connectivity index (χ1n) is 8.29. The van der Waals surface area contributed by atoms with Crippen LogP contribution in [0.5, 0.6) is 0 Å². The van der Waals surface area contributed by atoms with Gasteiger partial charge in [0.05, 0.1) is 11.4 Å². The number of carbonyl (C=O) groups excluding carboxylic acids is 2. The second-order valence-electron chi connectivity index (χ2n) is 6.37. The number of thiophene rings is 1. The molecule has 0 bridgehead atoms. The van der Waals surface area contributed by atoms with E-state index in [0.29, 0.717) is 17.3 Å². The minimum Gasteiger partial charge on any atom is -0.353 e. The fourth-order valence-electron chi connectivity index (χ4n) is 2.40. The maximum absolute atomic E-state index is 12.1. The van der Waals surface area contributed by atoms with E-state index in [1.807, 2.05) is 23.6 Å². The van der Waals surface area contributed by atoms with E-state index in [0.717, 1.165) is 5.56 Å². The number of amides is 2. The van der Waals surface area contributed by atoms with Gasteiger partial charge in [0, 0.05) is 19.6 Å². The van der Waals surface area contributed by atoms with Gasteiger partial charge in [-0.15, -0.1) is 23.7 Å². The standard InChI is InChI=1S/C19H25N3O2S.ClH/c1-13(2)14-6-8-15(9-7-14)16(20)11-21-18(23)12-22(3)19(24)17-5-4-10-25-17;/h4-10,13,16H,11-12,20H2,1-3H3,(H,21,23);1H. The van der Waals surface area contributed by atoms with Gasteiger partial charge in [-0.3, -0.25) is 9.59 Å². The number of halogens is 1. The van der Waals surface area contributed by atoms with E-state index in [9.17, 15) is 9.59 Å². The number of rotatable bonds is 7. The van der Waals surface area contributed by atoms with Crippen molar-refractivity contribution in [1.29, 1.82) is 0 Å². The molecule has 142 valence electrons. The molecule has 1 aromatic carbocycles. The quantitative estimate of drug-likeness (QED) is 0.755. The van der Waals surface area contributed by atoms with Crippen molar-refractivity contribution in [2.75, 3.05) is 20.1 Å². The summed E-state index contributed by atoms with van der Waals surface area (Å²) in [7, 11) is 1.62. The van der Waals surface area contributed by atoms with Gasteiger partial charge in [0.25, 0.3) is 5.91 Å². The highest BCUT2D eigenvalue weighted by atomic mass is 35.5. The summed E-state index contributed by atoms with van der Waals surface area (Å²) < 4.78 is 0. The fraction of sp³-hybridized carbons (Fsp3) is 0.368. The molecule has 0 aliphatic heterocycles. The van der Waals surface area contributed by atoms with E-state index < -0.39 is 0 Å². The lowest BCUT2D eigenvalue weighted by Crippen LogP contribution is -2.40. The Kier molecular flexibility index (Phi) is 8.78. The van der Waals surface area contributed by atoms with Crippen LogP contribution in [0.3, 0.4) is 0 Å². The van der Waals surface area contributed by atoms with Crippen molar-refractivity contribution in [3.8, 4) is 0 Å². The number of carbonyl (C=O) groups is 2. The Labute approximate surface area is 165 Å². The van der Waals surface area contributed by atoms with Crippen LogP contribution in [-0.4, -0.2) is 36.9 Å². The molecule has 1 atom stereocenters. The first-order chi connectivity index (χ1) is 11.9. The monoisotopic (exact) mass is 395 g/mol. The summed E-state index contributed by atoms with van der Waals surface area (Å²) >= 11 is 1.36. The average Bonchev–Trinajstić information content (AvgIpc) is 3.13. The predicted octanol–water partition coefficient (Wildman–Crippen LogP) is 3.18. The second-order valence-corrected chi connectivity index (χ2v) is 7.32. The molecule has 0 spiro atoms. The minimum atomic E-state index is -0.275. The molecule has 2 aromatic rings. The molecule has 2 rings (SSSR count). The van der Waals surface area contributed by atoms with E-state index in [2.05, 4.69) is 31.3 Å². The van der Waals surface area contributed by atoms with Crippen molar-refractivity contribution in [1.82, 2.24) is 10.2 Å². The van der Waals surface area contributed by atoms with Crippen molar-refractivity contribution in [2.45, 2.75) is 25.8 Å². The third-order valence-electron chi connectivity index (χ3n) is 4.01. The summed E-state index contributed by atoms with van der Waals surface area (Å²) in [4.78, 5) is 26.2. The Morgan fingerprint density at radius 2 is 1.77 bits per heavy atom. The van der Waals surface area contributed by atoms with Crippen LogP contribution in [0.25, 0.3) is 0 Å². The molecule has 1 heterocycles. The summed E-state index contributed by atoms with van der Waals surface area (Å²) in [5, 5.41) is 4.63. The van der Waals surface area contributed by atoms with Gasteiger partial charge < -0.3 is 16.0 Å². The Bertz CT molecular complexity index is 702. The van der Waals surface area contributed by atoms with Gasteiger partial charge >= 0.3 is 0 Å². The largest absolute Gasteiger partial charge is 0.353 e. The Morgan fingerprint density at radius 3 is 2.31 bits per heavy atom. The maximum Gasteiger partial charge on any atom is 0.264 e. The maximum atomic E-state index is 12.1. The topological polar surface area (TPSA) is 75.4 Å². The van der Waals surface area contributed by atoms with E-state index >= 15 is 0 Å². The Balaban J connectivity index is 0.00000338. The predicted molar refractivity (Wildman–Crippen MR) is 109 cm³/mol. The normalized spacial score (nSPS) is 11.6. The van der Waals surface area contributed by atoms with Crippen LogP contribution in [0.4, 0.5) is 0 Å². The zero-order chi connectivity index (χ0) is 18.4. The van der Waals surface area contributed by atoms with Crippen molar-refractivity contribution < 1.29 is 9.59 Å². The molecule has 1 aromatic heterocycles. The summed E-state index contributed by atoms with van der Waals surface area (Å²) in [6.45, 7) is 4.63. The SMILES string of the molecule is CC(C)c1ccc(C(N)CNC(=O)CN(C)C(=O)c2cccs2)cc1.Cl. The van der Waals surface area contributed by atoms with Crippen LogP contribution in [0.15, 0.2) is 41.8 Å². The highest BCUT2D eigenvalue weighted by Gasteiger charge is 2.16. The summed E-state index contributed by atoms with van der Waals surface area (Å²) in [5.74, 6) is 0.0989. The third-order valence-corrected chi connectivity index (χ3v) is 4.87. The summed E-state index contributed by atoms with van der Waals surface area (Å²) in [6, 6.07) is 11.4. The van der Waals surface area contributed by atoms with Gasteiger partial charge in [-0.05, 0) is 28.5 Å². The molecule has 0 radical (unpaired) electrons. The van der Waals surface area contributed by atoms with Crippen molar-refractivity contribution in [3.63, 3.8) is 0 Å². The van der Waals surface area contributed by atoms with Crippen LogP contribution < -0.4 is 11.1 Å². The number of hydrogen-bond acceptors (Lipinski definition) is 4. The van der Waals surface area contributed by atoms with Gasteiger partial charge in [0.2, 0.25) is 5.91 Å². The van der Waals surface area contributed by atoms with Crippen molar-refractivity contribution >= 4 is 35.6 Å². The zero-order valence-corrected chi connectivity index (χ0v) is 16.9. The molecule has 0 aliphatic rings. The van der Waals surface area contributed by atoms with Crippen molar-refractivity contribution in [3.05, 3.63) is 57.8 Å². The van der Waals surface area contributed by atoms with Crippen LogP contribution in [0.1, 0.15) is 46.6 Å². The van der Waals surface area contributed by atoms with E-state index in [1.54, 1.807) is 13.1 Å². The minimum absolute atomic E-state index is 0. The second kappa shape index (κ2) is 10.3. The molecular weight excluding hydrogens is 370 g/mol. The molecule has 3 N–H and O–H groups in total. The average molecular weight is 396 g/mol. The van der Waals surface area contributed by atoms with E-state index in [-0.39, 0.29) is 36.8 Å². The number of likely N-dealkylation sites (N-methyl/N-ethyl adjacent to an activating group) is 1. The lowest BCUT2D eigenvalue weighted by molar-refractivity contribution is -0.121. The first kappa shape index (κ1) is 22.2. The van der Waals surface area contributed by atoms with E-state index in [4.69, 9.17) is 5.73 Å². The Hall–Kier alpha value is -1.89. The molecule has 0 saturated heterocycles. The lowest BCUT2D eigenvalue weighted by atomic mass is 9.99. The molecule has 26 heavy (non-hydrogen) atoms. The van der Waals surface area contributed by atoms with Crippen molar-refractivity contribution in [2.24, 2.45) is 5.73 Å². The lowest BCUT2D eigenvalue weighted by Gasteiger charge is -2.18. The highest BCUT2D eigenvalue weighted by Crippen LogP contribution is 2.17. The van der Waals surface area contributed by atoms with Gasteiger partial charge in [0.1, 0.15) is 0 Å². The number of hydrogen-bond donors (Lipinski definition) is 2. The summed E-state index contributed by atoms with van der Waals surface area (Å²) in [5.41, 5.74) is 8.38. The van der Waals surface area contributed by atoms with Crippen LogP contribution >= 0.6 is 23.7 Å². The molecule has 2 amide bonds. The molecular formula is C19H26ClN3O2S. The molecule has 0 aliphatic carbocycles. The van der Waals surface area contributed by atoms with Gasteiger partial charge in [0.15, 0.2) is 0 Å². The number of benzene rings is 1. The molecule has 5 nitrogen and oxygen atoms in total. The van der Waals surface area contributed by atoms with Crippen LogP contribution in [0, 0.1) is 0 Å². The zero-order valence-electron chi connectivity index (χ0n) is 15.3. The molecule has 0 saturated carbocycles. The summed E-state index contributed by atoms with van der Waals surface area (Å²) in [6.07, 6.45) is 0. The molecule has 0 fully saturated rings. The van der Waals surface area contributed by atoms with Gasteiger partial charge in [-0.2, -0.15) is 0 Å². The smallest absolute Gasteiger partial charge is 0.264 e. The van der Waals surface area contributed by atoms with Crippen LogP contribution in [-0.2, 0) is 4.79 Å². The Morgan fingerprint density at radius 1 is 1.15 bits per heavy atom. The van der Waals surface area contributed by atoms with E-state index in [1.165, 1.54) is 21.8 Å². The molecule has 7 heteroatoms. The first-order valence-corrected chi connectivity index (χ1v) is 9.17. The number of nitrogens with two attached hydrogens (primary N) is 1. The van der Waals surface area contributed by atoms with Crippen LogP contribution in [0.2, 0.25) is 0 Å². The fourth-order valence-corrected chi connectivity index (χ4v) is 3.12. The van der Waals surface area contributed by atoms with Gasteiger partial charge in [-0.1, -0.05) is 44.2 Å². The van der Waals surface area contributed by atoms with Gasteiger partial charge in [-0.25, -0.2) is 0 Å². The third kappa shape index (κ3) is 6.12. The number of nitrogens with zero attached hydrogens (tertiary/aromatic N) is 1. The highest BCUT2D eigenvalue weighted by molar-refractivity contribution is 7.12. The molecule has 1 unspecified atom stereocenters.